The van der Waals surface area contributed by atoms with Crippen LogP contribution in [0.15, 0.2) is 23.8 Å². The molecule has 1 aromatic carbocycles. The molecule has 2 amide bonds. The first-order valence-corrected chi connectivity index (χ1v) is 14.5. The fourth-order valence-electron chi connectivity index (χ4n) is 5.34. The van der Waals surface area contributed by atoms with Crippen molar-refractivity contribution in [1.82, 2.24) is 10.2 Å². The molecule has 210 valence electrons. The SMILES string of the molecule is CCCC(=O)N(C1CCCCCC1)C1CC(C(=O)NCCO)=CC(Oc2c(I)cc(C=O)cc2OC)C1O. The maximum atomic E-state index is 13.5. The minimum absolute atomic E-state index is 0.0155. The van der Waals surface area contributed by atoms with E-state index in [0.717, 1.165) is 38.5 Å². The van der Waals surface area contributed by atoms with Crippen LogP contribution in [-0.2, 0) is 9.59 Å². The molecule has 9 nitrogen and oxygen atoms in total. The lowest BCUT2D eigenvalue weighted by Gasteiger charge is -2.44. The number of aliphatic hydroxyl groups excluding tert-OH is 2. The quantitative estimate of drug-likeness (QED) is 0.192. The normalized spacial score (nSPS) is 22.1. The zero-order chi connectivity index (χ0) is 27.7. The lowest BCUT2D eigenvalue weighted by atomic mass is 9.86. The molecule has 1 fully saturated rings. The van der Waals surface area contributed by atoms with E-state index in [1.54, 1.807) is 18.2 Å². The molecule has 0 radical (unpaired) electrons. The molecule has 0 aliphatic heterocycles. The van der Waals surface area contributed by atoms with Crippen LogP contribution in [0, 0.1) is 3.57 Å². The van der Waals surface area contributed by atoms with Crippen LogP contribution in [0.3, 0.4) is 0 Å². The Morgan fingerprint density at radius 2 is 1.92 bits per heavy atom. The van der Waals surface area contributed by atoms with Gasteiger partial charge in [-0.05, 0) is 60.1 Å². The number of ether oxygens (including phenoxy) is 2. The molecule has 3 unspecified atom stereocenters. The van der Waals surface area contributed by atoms with Gasteiger partial charge < -0.3 is 29.9 Å². The Hall–Kier alpha value is -2.18. The fraction of sp³-hybridized carbons (Fsp3) is 0.607. The number of aldehydes is 1. The topological polar surface area (TPSA) is 125 Å². The number of hydrogen-bond acceptors (Lipinski definition) is 7. The maximum absolute atomic E-state index is 13.5. The number of benzene rings is 1. The number of hydrogen-bond donors (Lipinski definition) is 3. The number of aliphatic hydroxyl groups is 2. The zero-order valence-electron chi connectivity index (χ0n) is 22.2. The van der Waals surface area contributed by atoms with E-state index in [0.29, 0.717) is 45.3 Å². The molecule has 1 saturated carbocycles. The van der Waals surface area contributed by atoms with Crippen LogP contribution in [0.5, 0.6) is 11.5 Å². The number of carbonyl (C=O) groups excluding carboxylic acids is 3. The van der Waals surface area contributed by atoms with Crippen LogP contribution in [0.25, 0.3) is 0 Å². The van der Waals surface area contributed by atoms with Crippen LogP contribution in [-0.4, -0.2) is 77.8 Å². The largest absolute Gasteiger partial charge is 0.493 e. The number of nitrogens with zero attached hydrogens (tertiary/aromatic N) is 1. The van der Waals surface area contributed by atoms with Crippen molar-refractivity contribution in [1.29, 1.82) is 0 Å². The Bertz CT molecular complexity index is 1010. The van der Waals surface area contributed by atoms with Gasteiger partial charge in [-0.3, -0.25) is 14.4 Å². The molecule has 0 aromatic heterocycles. The van der Waals surface area contributed by atoms with Gasteiger partial charge in [-0.25, -0.2) is 0 Å². The van der Waals surface area contributed by atoms with E-state index in [9.17, 15) is 24.6 Å². The van der Waals surface area contributed by atoms with E-state index in [2.05, 4.69) is 5.32 Å². The standard InChI is InChI=1S/C28H39IN2O7/c1-3-8-25(34)31(20-9-6-4-5-7-10-20)22-15-19(28(36)30-11-12-32)16-23(26(22)35)38-27-21(29)13-18(17-33)14-24(27)37-2/h13-14,16-17,20,22-23,26,32,35H,3-12,15H2,1-2H3,(H,30,36). The van der Waals surface area contributed by atoms with E-state index < -0.39 is 18.2 Å². The van der Waals surface area contributed by atoms with Gasteiger partial charge in [-0.1, -0.05) is 32.6 Å². The number of amides is 2. The minimum atomic E-state index is -1.10. The molecule has 0 spiro atoms. The summed E-state index contributed by atoms with van der Waals surface area (Å²) < 4.78 is 12.4. The van der Waals surface area contributed by atoms with Gasteiger partial charge in [-0.15, -0.1) is 0 Å². The predicted octanol–water partition coefficient (Wildman–Crippen LogP) is 3.38. The van der Waals surface area contributed by atoms with Gasteiger partial charge in [0.1, 0.15) is 18.5 Å². The molecular formula is C28H39IN2O7. The summed E-state index contributed by atoms with van der Waals surface area (Å²) in [5.74, 6) is 0.277. The third kappa shape index (κ3) is 7.47. The summed E-state index contributed by atoms with van der Waals surface area (Å²) in [4.78, 5) is 39.7. The minimum Gasteiger partial charge on any atom is -0.493 e. The highest BCUT2D eigenvalue weighted by Gasteiger charge is 2.43. The second kappa shape index (κ2) is 14.8. The van der Waals surface area contributed by atoms with Crippen LogP contribution in [0.1, 0.15) is 75.1 Å². The van der Waals surface area contributed by atoms with Gasteiger partial charge in [0.2, 0.25) is 11.8 Å². The van der Waals surface area contributed by atoms with Crippen molar-refractivity contribution < 1.29 is 34.1 Å². The second-order valence-corrected chi connectivity index (χ2v) is 11.0. The lowest BCUT2D eigenvalue weighted by Crippen LogP contribution is -2.58. The van der Waals surface area contributed by atoms with Crippen molar-refractivity contribution in [2.24, 2.45) is 0 Å². The summed E-state index contributed by atoms with van der Waals surface area (Å²) in [6.45, 7) is 1.85. The molecule has 3 atom stereocenters. The van der Waals surface area contributed by atoms with Gasteiger partial charge in [0, 0.05) is 36.6 Å². The Kier molecular flexibility index (Phi) is 11.9. The molecule has 0 saturated heterocycles. The molecule has 10 heteroatoms. The first-order valence-electron chi connectivity index (χ1n) is 13.4. The van der Waals surface area contributed by atoms with Gasteiger partial charge in [0.05, 0.1) is 23.3 Å². The van der Waals surface area contributed by atoms with Crippen LogP contribution in [0.4, 0.5) is 0 Å². The molecule has 3 rings (SSSR count). The number of rotatable bonds is 11. The maximum Gasteiger partial charge on any atom is 0.247 e. The number of carbonyl (C=O) groups is 3. The average Bonchev–Trinajstić information content (AvgIpc) is 3.19. The lowest BCUT2D eigenvalue weighted by molar-refractivity contribution is -0.142. The van der Waals surface area contributed by atoms with Gasteiger partial charge in [-0.2, -0.15) is 0 Å². The van der Waals surface area contributed by atoms with Gasteiger partial charge in [0.15, 0.2) is 11.5 Å². The summed E-state index contributed by atoms with van der Waals surface area (Å²) >= 11 is 2.04. The van der Waals surface area contributed by atoms with E-state index in [1.165, 1.54) is 7.11 Å². The molecule has 3 N–H and O–H groups in total. The fourth-order valence-corrected chi connectivity index (χ4v) is 6.10. The molecule has 38 heavy (non-hydrogen) atoms. The van der Waals surface area contributed by atoms with E-state index in [-0.39, 0.29) is 37.4 Å². The Balaban J connectivity index is 2.03. The number of nitrogens with one attached hydrogen (secondary N) is 1. The van der Waals surface area contributed by atoms with Gasteiger partial charge in [0.25, 0.3) is 0 Å². The van der Waals surface area contributed by atoms with Crippen LogP contribution < -0.4 is 14.8 Å². The monoisotopic (exact) mass is 642 g/mol. The van der Waals surface area contributed by atoms with Crippen LogP contribution in [0.2, 0.25) is 0 Å². The Morgan fingerprint density at radius 3 is 2.53 bits per heavy atom. The summed E-state index contributed by atoms with van der Waals surface area (Å²) in [6.07, 6.45) is 7.48. The number of halogens is 1. The zero-order valence-corrected chi connectivity index (χ0v) is 24.3. The summed E-state index contributed by atoms with van der Waals surface area (Å²) in [5.41, 5.74) is 0.810. The van der Waals surface area contributed by atoms with E-state index >= 15 is 0 Å². The molecule has 2 aliphatic carbocycles. The van der Waals surface area contributed by atoms with E-state index in [4.69, 9.17) is 9.47 Å². The van der Waals surface area contributed by atoms with E-state index in [1.807, 2.05) is 34.4 Å². The smallest absolute Gasteiger partial charge is 0.247 e. The van der Waals surface area contributed by atoms with Crippen molar-refractivity contribution in [3.63, 3.8) is 0 Å². The first kappa shape index (κ1) is 30.4. The summed E-state index contributed by atoms with van der Waals surface area (Å²) in [5, 5.41) is 23.6. The highest BCUT2D eigenvalue weighted by molar-refractivity contribution is 14.1. The Morgan fingerprint density at radius 1 is 1.21 bits per heavy atom. The third-order valence-electron chi connectivity index (χ3n) is 7.18. The molecule has 1 aromatic rings. The number of methoxy groups -OCH3 is 1. The highest BCUT2D eigenvalue weighted by Crippen LogP contribution is 2.38. The molecule has 2 aliphatic rings. The van der Waals surface area contributed by atoms with Crippen molar-refractivity contribution in [2.45, 2.75) is 89.0 Å². The highest BCUT2D eigenvalue weighted by atomic mass is 127. The third-order valence-corrected chi connectivity index (χ3v) is 7.98. The summed E-state index contributed by atoms with van der Waals surface area (Å²) in [6, 6.07) is 2.54. The average molecular weight is 643 g/mol. The van der Waals surface area contributed by atoms with Crippen molar-refractivity contribution in [2.75, 3.05) is 20.3 Å². The van der Waals surface area contributed by atoms with Crippen molar-refractivity contribution in [3.8, 4) is 11.5 Å². The van der Waals surface area contributed by atoms with Crippen LogP contribution >= 0.6 is 22.6 Å². The molecule has 0 heterocycles. The molecular weight excluding hydrogens is 603 g/mol. The predicted molar refractivity (Wildman–Crippen MR) is 151 cm³/mol. The van der Waals surface area contributed by atoms with Crippen molar-refractivity contribution >= 4 is 40.7 Å². The van der Waals surface area contributed by atoms with Crippen molar-refractivity contribution in [3.05, 3.63) is 32.9 Å². The first-order chi connectivity index (χ1) is 18.3. The second-order valence-electron chi connectivity index (χ2n) is 9.86. The summed E-state index contributed by atoms with van der Waals surface area (Å²) in [7, 11) is 1.47. The molecule has 0 bridgehead atoms. The van der Waals surface area contributed by atoms with Gasteiger partial charge >= 0.3 is 0 Å². The Labute approximate surface area is 238 Å².